The van der Waals surface area contributed by atoms with Crippen LogP contribution in [0.4, 0.5) is 5.69 Å². The Kier molecular flexibility index (Phi) is 6.24. The molecule has 1 fully saturated rings. The first kappa shape index (κ1) is 21.4. The van der Waals surface area contributed by atoms with Gasteiger partial charge < -0.3 is 29.3 Å². The van der Waals surface area contributed by atoms with Gasteiger partial charge >= 0.3 is 0 Å². The first-order chi connectivity index (χ1) is 16.2. The molecule has 3 aliphatic heterocycles. The lowest BCUT2D eigenvalue weighted by atomic mass is 10.1. The largest absolute Gasteiger partial charge is 0.486 e. The van der Waals surface area contributed by atoms with Crippen LogP contribution in [0.5, 0.6) is 17.2 Å². The minimum atomic E-state index is -0.614. The summed E-state index contributed by atoms with van der Waals surface area (Å²) in [6.45, 7) is 2.74. The number of carbonyl (C=O) groups excluding carboxylic acids is 2. The number of benzene rings is 2. The van der Waals surface area contributed by atoms with Gasteiger partial charge in [0.05, 0.1) is 25.3 Å². The molecule has 2 aromatic rings. The summed E-state index contributed by atoms with van der Waals surface area (Å²) >= 11 is 0. The van der Waals surface area contributed by atoms with E-state index in [4.69, 9.17) is 14.2 Å². The summed E-state index contributed by atoms with van der Waals surface area (Å²) in [7, 11) is 0. The smallest absolute Gasteiger partial charge is 0.265 e. The van der Waals surface area contributed by atoms with E-state index in [0.717, 1.165) is 43.8 Å². The Balaban J connectivity index is 1.20. The molecule has 3 heterocycles. The zero-order chi connectivity index (χ0) is 22.6. The number of hydrogen-bond acceptors (Lipinski definition) is 6. The fourth-order valence-electron chi connectivity index (χ4n) is 4.52. The van der Waals surface area contributed by atoms with Crippen molar-refractivity contribution >= 4 is 17.5 Å². The fraction of sp³-hybridized carbons (Fsp3) is 0.440. The summed E-state index contributed by atoms with van der Waals surface area (Å²) in [6.07, 6.45) is 2.34. The highest BCUT2D eigenvalue weighted by Gasteiger charge is 2.34. The number of fused-ring (bicyclic) bond motifs is 2. The van der Waals surface area contributed by atoms with Gasteiger partial charge in [0.25, 0.3) is 5.91 Å². The average Bonchev–Trinajstić information content (AvgIpc) is 2.87. The Labute approximate surface area is 193 Å². The van der Waals surface area contributed by atoms with E-state index in [1.807, 2.05) is 58.3 Å². The molecule has 33 heavy (non-hydrogen) atoms. The van der Waals surface area contributed by atoms with Gasteiger partial charge in [0.2, 0.25) is 5.91 Å². The van der Waals surface area contributed by atoms with E-state index >= 15 is 0 Å². The summed E-state index contributed by atoms with van der Waals surface area (Å²) in [5.74, 6) is 1.89. The standard InChI is InChI=1S/C25H29N3O5/c29-24(26-14-18-17-31-21-10-4-5-11-22(21)32-18)16-28-15-23(25(30)27-12-6-1-7-13-27)33-20-9-3-2-8-19(20)28/h2-5,8-11,18,23H,1,6-7,12-17H2,(H,26,29)/t18-,23+/m1/s1. The molecule has 5 rings (SSSR count). The number of amides is 2. The van der Waals surface area contributed by atoms with E-state index in [0.29, 0.717) is 31.2 Å². The van der Waals surface area contributed by atoms with Gasteiger partial charge in [-0.2, -0.15) is 0 Å². The second kappa shape index (κ2) is 9.60. The minimum Gasteiger partial charge on any atom is -0.486 e. The van der Waals surface area contributed by atoms with Gasteiger partial charge in [0, 0.05) is 13.1 Å². The quantitative estimate of drug-likeness (QED) is 0.751. The Bertz CT molecular complexity index is 1010. The Morgan fingerprint density at radius 2 is 1.64 bits per heavy atom. The van der Waals surface area contributed by atoms with Crippen molar-refractivity contribution < 1.29 is 23.8 Å². The number of carbonyl (C=O) groups is 2. The number of hydrogen-bond donors (Lipinski definition) is 1. The second-order valence-corrected chi connectivity index (χ2v) is 8.64. The molecule has 0 unspecified atom stereocenters. The molecule has 8 nitrogen and oxygen atoms in total. The maximum absolute atomic E-state index is 13.1. The van der Waals surface area contributed by atoms with Gasteiger partial charge in [-0.1, -0.05) is 24.3 Å². The van der Waals surface area contributed by atoms with Crippen LogP contribution in [0.15, 0.2) is 48.5 Å². The maximum Gasteiger partial charge on any atom is 0.265 e. The number of anilines is 1. The topological polar surface area (TPSA) is 80.3 Å². The van der Waals surface area contributed by atoms with Crippen LogP contribution in [0.1, 0.15) is 19.3 Å². The van der Waals surface area contributed by atoms with Crippen molar-refractivity contribution in [3.63, 3.8) is 0 Å². The maximum atomic E-state index is 13.1. The van der Waals surface area contributed by atoms with Crippen molar-refractivity contribution in [3.05, 3.63) is 48.5 Å². The molecule has 2 aromatic carbocycles. The fourth-order valence-corrected chi connectivity index (χ4v) is 4.52. The minimum absolute atomic E-state index is 0.000955. The Morgan fingerprint density at radius 3 is 2.45 bits per heavy atom. The number of nitrogens with zero attached hydrogens (tertiary/aromatic N) is 2. The van der Waals surface area contributed by atoms with Crippen LogP contribution in [0, 0.1) is 0 Å². The van der Waals surface area contributed by atoms with Crippen molar-refractivity contribution in [1.82, 2.24) is 10.2 Å². The highest BCUT2D eigenvalue weighted by Crippen LogP contribution is 2.34. The van der Waals surface area contributed by atoms with Crippen molar-refractivity contribution in [2.75, 3.05) is 44.2 Å². The van der Waals surface area contributed by atoms with Crippen molar-refractivity contribution in [1.29, 1.82) is 0 Å². The first-order valence-corrected chi connectivity index (χ1v) is 11.6. The first-order valence-electron chi connectivity index (χ1n) is 11.6. The monoisotopic (exact) mass is 451 g/mol. The van der Waals surface area contributed by atoms with Crippen molar-refractivity contribution in [3.8, 4) is 17.2 Å². The van der Waals surface area contributed by atoms with E-state index in [1.165, 1.54) is 0 Å². The van der Waals surface area contributed by atoms with Gasteiger partial charge in [-0.3, -0.25) is 9.59 Å². The average molecular weight is 452 g/mol. The molecule has 0 aromatic heterocycles. The van der Waals surface area contributed by atoms with Crippen LogP contribution in [-0.4, -0.2) is 68.3 Å². The molecular weight excluding hydrogens is 422 g/mol. The van der Waals surface area contributed by atoms with E-state index in [2.05, 4.69) is 5.32 Å². The molecule has 1 N–H and O–H groups in total. The van der Waals surface area contributed by atoms with Crippen molar-refractivity contribution in [2.24, 2.45) is 0 Å². The molecule has 174 valence electrons. The Hall–Kier alpha value is -3.42. The number of likely N-dealkylation sites (tertiary alicyclic amines) is 1. The number of para-hydroxylation sites is 4. The molecule has 0 radical (unpaired) electrons. The van der Waals surface area contributed by atoms with Crippen molar-refractivity contribution in [2.45, 2.75) is 31.5 Å². The zero-order valence-corrected chi connectivity index (χ0v) is 18.6. The summed E-state index contributed by atoms with van der Waals surface area (Å²) in [5, 5.41) is 2.95. The van der Waals surface area contributed by atoms with Gasteiger partial charge in [-0.25, -0.2) is 0 Å². The molecule has 2 atom stereocenters. The lowest BCUT2D eigenvalue weighted by molar-refractivity contribution is -0.139. The molecule has 0 spiro atoms. The molecule has 0 saturated carbocycles. The highest BCUT2D eigenvalue weighted by atomic mass is 16.6. The van der Waals surface area contributed by atoms with Gasteiger partial charge in [-0.05, 0) is 43.5 Å². The Morgan fingerprint density at radius 1 is 0.909 bits per heavy atom. The van der Waals surface area contributed by atoms with E-state index < -0.39 is 6.10 Å². The molecule has 1 saturated heterocycles. The van der Waals surface area contributed by atoms with E-state index in [1.54, 1.807) is 0 Å². The lowest BCUT2D eigenvalue weighted by Gasteiger charge is -2.38. The molecule has 3 aliphatic rings. The number of rotatable bonds is 5. The normalized spacial score (nSPS) is 21.6. The molecule has 0 bridgehead atoms. The molecule has 2 amide bonds. The number of nitrogens with one attached hydrogen (secondary N) is 1. The van der Waals surface area contributed by atoms with Crippen LogP contribution in [0.25, 0.3) is 0 Å². The van der Waals surface area contributed by atoms with Crippen LogP contribution in [0.2, 0.25) is 0 Å². The van der Waals surface area contributed by atoms with Crippen LogP contribution in [0.3, 0.4) is 0 Å². The molecular formula is C25H29N3O5. The summed E-state index contributed by atoms with van der Waals surface area (Å²) in [5.41, 5.74) is 0.821. The zero-order valence-electron chi connectivity index (χ0n) is 18.6. The highest BCUT2D eigenvalue weighted by molar-refractivity contribution is 5.86. The number of ether oxygens (including phenoxy) is 3. The summed E-state index contributed by atoms with van der Waals surface area (Å²) in [4.78, 5) is 29.7. The van der Waals surface area contributed by atoms with Crippen LogP contribution >= 0.6 is 0 Å². The SMILES string of the molecule is O=C(CN1C[C@@H](C(=O)N2CCCCC2)Oc2ccccc21)NC[C@@H]1COc2ccccc2O1. The van der Waals surface area contributed by atoms with E-state index in [-0.39, 0.29) is 24.5 Å². The molecule has 0 aliphatic carbocycles. The van der Waals surface area contributed by atoms with Crippen LogP contribution < -0.4 is 24.4 Å². The third-order valence-corrected chi connectivity index (χ3v) is 6.23. The molecule has 8 heteroatoms. The van der Waals surface area contributed by atoms with Gasteiger partial charge in [0.1, 0.15) is 18.5 Å². The summed E-state index contributed by atoms with van der Waals surface area (Å²) in [6, 6.07) is 15.1. The lowest BCUT2D eigenvalue weighted by Crippen LogP contribution is -2.53. The second-order valence-electron chi connectivity index (χ2n) is 8.64. The van der Waals surface area contributed by atoms with E-state index in [9.17, 15) is 9.59 Å². The number of piperidine rings is 1. The van der Waals surface area contributed by atoms with Gasteiger partial charge in [0.15, 0.2) is 17.6 Å². The summed E-state index contributed by atoms with van der Waals surface area (Å²) < 4.78 is 17.7. The predicted octanol–water partition coefficient (Wildman–Crippen LogP) is 2.22. The van der Waals surface area contributed by atoms with Gasteiger partial charge in [-0.15, -0.1) is 0 Å². The third kappa shape index (κ3) is 4.84. The third-order valence-electron chi connectivity index (χ3n) is 6.23. The van der Waals surface area contributed by atoms with Crippen LogP contribution in [-0.2, 0) is 9.59 Å². The predicted molar refractivity (Wildman–Crippen MR) is 123 cm³/mol.